The predicted molar refractivity (Wildman–Crippen MR) is 117 cm³/mol. The van der Waals surface area contributed by atoms with Crippen LogP contribution in [0.5, 0.6) is 0 Å². The molecule has 5 rings (SSSR count). The first kappa shape index (κ1) is 18.9. The summed E-state index contributed by atoms with van der Waals surface area (Å²) in [6, 6.07) is 12.0. The van der Waals surface area contributed by atoms with Gasteiger partial charge < -0.3 is 9.80 Å². The van der Waals surface area contributed by atoms with Crippen molar-refractivity contribution in [1.82, 2.24) is 29.7 Å². The minimum Gasteiger partial charge on any atom is -0.355 e. The Labute approximate surface area is 178 Å². The van der Waals surface area contributed by atoms with E-state index in [0.29, 0.717) is 0 Å². The monoisotopic (exact) mass is 421 g/mol. The number of hydrogen-bond donors (Lipinski definition) is 0. The van der Waals surface area contributed by atoms with E-state index < -0.39 is 0 Å². The number of rotatable bonds is 4. The van der Waals surface area contributed by atoms with E-state index in [1.807, 2.05) is 42.3 Å². The number of carbonyl (C=O) groups is 1. The largest absolute Gasteiger partial charge is 0.355 e. The van der Waals surface area contributed by atoms with Crippen LogP contribution in [0.15, 0.2) is 42.7 Å². The molecular formula is C21H23N7OS. The fourth-order valence-electron chi connectivity index (χ4n) is 3.96. The Morgan fingerprint density at radius 3 is 2.80 bits per heavy atom. The fraction of sp³-hybridized carbons (Fsp3) is 0.381. The van der Waals surface area contributed by atoms with Crippen LogP contribution >= 0.6 is 11.3 Å². The minimum atomic E-state index is -0.0363. The molecule has 1 saturated heterocycles. The van der Waals surface area contributed by atoms with Crippen molar-refractivity contribution < 1.29 is 4.79 Å². The zero-order valence-corrected chi connectivity index (χ0v) is 17.8. The molecule has 154 valence electrons. The van der Waals surface area contributed by atoms with Gasteiger partial charge in [-0.05, 0) is 44.0 Å². The van der Waals surface area contributed by atoms with E-state index in [4.69, 9.17) is 4.98 Å². The lowest BCUT2D eigenvalue weighted by atomic mass is 9.95. The molecule has 0 radical (unpaired) electrons. The molecule has 0 spiro atoms. The maximum absolute atomic E-state index is 13.2. The van der Waals surface area contributed by atoms with Gasteiger partial charge in [0.15, 0.2) is 5.65 Å². The number of aromatic nitrogens is 5. The fourth-order valence-corrected chi connectivity index (χ4v) is 5.02. The Balaban J connectivity index is 1.24. The first-order chi connectivity index (χ1) is 14.6. The lowest BCUT2D eigenvalue weighted by Crippen LogP contribution is -2.42. The topological polar surface area (TPSA) is 79.5 Å². The normalized spacial score (nSPS) is 16.3. The second-order valence-corrected chi connectivity index (χ2v) is 8.79. The van der Waals surface area contributed by atoms with Crippen molar-refractivity contribution in [3.8, 4) is 0 Å². The average molecular weight is 422 g/mol. The summed E-state index contributed by atoms with van der Waals surface area (Å²) in [6.45, 7) is 3.67. The van der Waals surface area contributed by atoms with Crippen molar-refractivity contribution in [3.05, 3.63) is 47.7 Å². The standard InChI is InChI=1S/C21H23N7OS/c1-14(20-23-16-5-3-4-6-17(16)30-20)26(2)21(29)15-9-11-27(12-10-15)19-8-7-18-24-22-13-28(18)25-19/h3-8,13-15H,9-12H2,1-2H3. The Morgan fingerprint density at radius 1 is 1.20 bits per heavy atom. The van der Waals surface area contributed by atoms with Crippen LogP contribution in [0.25, 0.3) is 15.9 Å². The number of nitrogens with zero attached hydrogens (tertiary/aromatic N) is 7. The number of carbonyl (C=O) groups excluding carboxylic acids is 1. The minimum absolute atomic E-state index is 0.0294. The summed E-state index contributed by atoms with van der Waals surface area (Å²) in [7, 11) is 1.90. The van der Waals surface area contributed by atoms with E-state index in [2.05, 4.69) is 33.2 Å². The molecule has 0 N–H and O–H groups in total. The molecule has 1 unspecified atom stereocenters. The van der Waals surface area contributed by atoms with E-state index in [9.17, 15) is 4.79 Å². The third kappa shape index (κ3) is 3.39. The van der Waals surface area contributed by atoms with Crippen molar-refractivity contribution in [2.45, 2.75) is 25.8 Å². The van der Waals surface area contributed by atoms with Crippen LogP contribution < -0.4 is 4.90 Å². The molecule has 8 nitrogen and oxygen atoms in total. The maximum atomic E-state index is 13.2. The molecule has 3 aromatic heterocycles. The van der Waals surface area contributed by atoms with Crippen LogP contribution in [0.4, 0.5) is 5.82 Å². The van der Waals surface area contributed by atoms with Crippen molar-refractivity contribution in [3.63, 3.8) is 0 Å². The molecule has 1 aliphatic rings. The number of piperidine rings is 1. The van der Waals surface area contributed by atoms with Gasteiger partial charge in [0.1, 0.15) is 17.2 Å². The van der Waals surface area contributed by atoms with Crippen molar-refractivity contribution in [1.29, 1.82) is 0 Å². The Hall–Kier alpha value is -3.07. The molecule has 4 aromatic rings. The second kappa shape index (κ2) is 7.64. The van der Waals surface area contributed by atoms with Crippen LogP contribution in [0.1, 0.15) is 30.8 Å². The molecule has 1 aromatic carbocycles. The summed E-state index contributed by atoms with van der Waals surface area (Å²) >= 11 is 1.66. The summed E-state index contributed by atoms with van der Waals surface area (Å²) in [6.07, 6.45) is 3.24. The summed E-state index contributed by atoms with van der Waals surface area (Å²) < 4.78 is 2.84. The van der Waals surface area contributed by atoms with Gasteiger partial charge in [-0.3, -0.25) is 4.79 Å². The molecular weight excluding hydrogens is 398 g/mol. The first-order valence-electron chi connectivity index (χ1n) is 10.1. The second-order valence-electron chi connectivity index (χ2n) is 7.73. The zero-order valence-electron chi connectivity index (χ0n) is 17.0. The summed E-state index contributed by atoms with van der Waals surface area (Å²) in [4.78, 5) is 22.0. The number of fused-ring (bicyclic) bond motifs is 2. The number of anilines is 1. The van der Waals surface area contributed by atoms with Gasteiger partial charge in [0, 0.05) is 26.1 Å². The zero-order chi connectivity index (χ0) is 20.7. The van der Waals surface area contributed by atoms with Crippen molar-refractivity contribution >= 4 is 38.9 Å². The summed E-state index contributed by atoms with van der Waals surface area (Å²) in [5.41, 5.74) is 1.73. The van der Waals surface area contributed by atoms with Gasteiger partial charge in [-0.1, -0.05) is 12.1 Å². The molecule has 1 atom stereocenters. The lowest BCUT2D eigenvalue weighted by Gasteiger charge is -2.35. The molecule has 4 heterocycles. The van der Waals surface area contributed by atoms with E-state index in [-0.39, 0.29) is 17.9 Å². The van der Waals surface area contributed by atoms with E-state index in [1.165, 1.54) is 0 Å². The highest BCUT2D eigenvalue weighted by Crippen LogP contribution is 2.31. The van der Waals surface area contributed by atoms with Gasteiger partial charge in [-0.2, -0.15) is 4.52 Å². The van der Waals surface area contributed by atoms with Crippen molar-refractivity contribution in [2.75, 3.05) is 25.0 Å². The number of amides is 1. The van der Waals surface area contributed by atoms with Gasteiger partial charge >= 0.3 is 0 Å². The SMILES string of the molecule is CC(c1nc2ccccc2s1)N(C)C(=O)C1CCN(c2ccc3nncn3n2)CC1. The van der Waals surface area contributed by atoms with Crippen LogP contribution in [-0.4, -0.2) is 55.7 Å². The van der Waals surface area contributed by atoms with Crippen molar-refractivity contribution in [2.24, 2.45) is 5.92 Å². The van der Waals surface area contributed by atoms with E-state index in [1.54, 1.807) is 22.2 Å². The summed E-state index contributed by atoms with van der Waals surface area (Å²) in [5, 5.41) is 13.4. The molecule has 0 bridgehead atoms. The number of hydrogen-bond acceptors (Lipinski definition) is 7. The number of para-hydroxylation sites is 1. The van der Waals surface area contributed by atoms with Gasteiger partial charge in [-0.15, -0.1) is 26.6 Å². The van der Waals surface area contributed by atoms with Crippen LogP contribution in [0.2, 0.25) is 0 Å². The van der Waals surface area contributed by atoms with Crippen LogP contribution in [-0.2, 0) is 4.79 Å². The Morgan fingerprint density at radius 2 is 2.00 bits per heavy atom. The lowest BCUT2D eigenvalue weighted by molar-refractivity contribution is -0.136. The molecule has 0 saturated carbocycles. The number of benzene rings is 1. The highest BCUT2D eigenvalue weighted by Gasteiger charge is 2.30. The molecule has 0 aliphatic carbocycles. The third-order valence-corrected chi connectivity index (χ3v) is 7.12. The van der Waals surface area contributed by atoms with Gasteiger partial charge in [0.05, 0.1) is 16.3 Å². The molecule has 1 amide bonds. The molecule has 9 heteroatoms. The highest BCUT2D eigenvalue weighted by atomic mass is 32.1. The third-order valence-electron chi connectivity index (χ3n) is 5.91. The quantitative estimate of drug-likeness (QED) is 0.504. The number of thiazole rings is 1. The predicted octanol–water partition coefficient (Wildman–Crippen LogP) is 3.17. The maximum Gasteiger partial charge on any atom is 0.226 e. The van der Waals surface area contributed by atoms with Gasteiger partial charge in [-0.25, -0.2) is 4.98 Å². The van der Waals surface area contributed by atoms with E-state index in [0.717, 1.165) is 52.6 Å². The molecule has 1 fully saturated rings. The molecule has 30 heavy (non-hydrogen) atoms. The average Bonchev–Trinajstić information content (AvgIpc) is 3.44. The van der Waals surface area contributed by atoms with Gasteiger partial charge in [0.25, 0.3) is 0 Å². The first-order valence-corrected chi connectivity index (χ1v) is 11.0. The summed E-state index contributed by atoms with van der Waals surface area (Å²) in [5.74, 6) is 1.12. The van der Waals surface area contributed by atoms with E-state index >= 15 is 0 Å². The van der Waals surface area contributed by atoms with Crippen LogP contribution in [0.3, 0.4) is 0 Å². The van der Waals surface area contributed by atoms with Gasteiger partial charge in [0.2, 0.25) is 5.91 Å². The molecule has 1 aliphatic heterocycles. The smallest absolute Gasteiger partial charge is 0.226 e. The Kier molecular flexibility index (Phi) is 4.82. The highest BCUT2D eigenvalue weighted by molar-refractivity contribution is 7.18. The Bertz CT molecular complexity index is 1160. The van der Waals surface area contributed by atoms with Crippen LogP contribution in [0, 0.1) is 5.92 Å².